The number of sulfonamides is 1. The molecule has 2 heterocycles. The number of hydrogen-bond acceptors (Lipinski definition) is 4. The summed E-state index contributed by atoms with van der Waals surface area (Å²) in [4.78, 5) is 7.69. The van der Waals surface area contributed by atoms with E-state index in [2.05, 4.69) is 9.97 Å². The second-order valence-electron chi connectivity index (χ2n) is 5.59. The van der Waals surface area contributed by atoms with Gasteiger partial charge in [0, 0.05) is 18.9 Å². The first-order valence-electron chi connectivity index (χ1n) is 7.78. The lowest BCUT2D eigenvalue weighted by Crippen LogP contribution is -2.42. The number of hydrogen-bond donors (Lipinski definition) is 0. The van der Waals surface area contributed by atoms with Gasteiger partial charge in [-0.25, -0.2) is 22.8 Å². The SMILES string of the molecule is CCN([C@H](c1ccc(F)cc1)C(F)(F)F)S(=O)(=O)c1cnc2ncccn12. The molecule has 0 aliphatic rings. The summed E-state index contributed by atoms with van der Waals surface area (Å²) in [6.45, 7) is 0.832. The van der Waals surface area contributed by atoms with Crippen LogP contribution in [0.25, 0.3) is 5.78 Å². The Hall–Kier alpha value is -2.53. The van der Waals surface area contributed by atoms with E-state index < -0.39 is 39.6 Å². The summed E-state index contributed by atoms with van der Waals surface area (Å²) in [5.74, 6) is -0.684. The molecule has 0 amide bonds. The minimum atomic E-state index is -4.92. The van der Waals surface area contributed by atoms with E-state index in [-0.39, 0.29) is 11.3 Å². The number of imidazole rings is 1. The van der Waals surface area contributed by atoms with Gasteiger partial charge in [0.25, 0.3) is 10.0 Å². The number of alkyl halides is 3. The molecule has 144 valence electrons. The fourth-order valence-electron chi connectivity index (χ4n) is 2.77. The Morgan fingerprint density at radius 2 is 1.85 bits per heavy atom. The molecule has 0 bridgehead atoms. The Balaban J connectivity index is 2.16. The smallest absolute Gasteiger partial charge is 0.273 e. The van der Waals surface area contributed by atoms with E-state index in [4.69, 9.17) is 0 Å². The third-order valence-corrected chi connectivity index (χ3v) is 5.84. The van der Waals surface area contributed by atoms with E-state index in [1.54, 1.807) is 0 Å². The summed E-state index contributed by atoms with van der Waals surface area (Å²) in [6.07, 6.45) is -1.23. The number of nitrogens with zero attached hydrogens (tertiary/aromatic N) is 4. The maximum absolute atomic E-state index is 13.8. The summed E-state index contributed by atoms with van der Waals surface area (Å²) < 4.78 is 82.0. The van der Waals surface area contributed by atoms with Crippen molar-refractivity contribution in [1.29, 1.82) is 0 Å². The zero-order valence-corrected chi connectivity index (χ0v) is 14.7. The maximum atomic E-state index is 13.8. The standard InChI is InChI=1S/C16H14F4N4O2S/c1-2-24(14(16(18,19)20)11-4-6-12(17)7-5-11)27(25,26)13-10-22-15-21-8-3-9-23(13)15/h3-10,14H,2H2,1H3/t14-/m1/s1. The van der Waals surface area contributed by atoms with Crippen LogP contribution in [0.15, 0.2) is 53.9 Å². The lowest BCUT2D eigenvalue weighted by molar-refractivity contribution is -0.173. The van der Waals surface area contributed by atoms with Crippen LogP contribution in [0.2, 0.25) is 0 Å². The van der Waals surface area contributed by atoms with Crippen molar-refractivity contribution in [3.8, 4) is 0 Å². The van der Waals surface area contributed by atoms with Crippen molar-refractivity contribution in [3.05, 3.63) is 60.3 Å². The molecule has 0 spiro atoms. The summed E-state index contributed by atoms with van der Waals surface area (Å²) in [6, 6.07) is 2.50. The lowest BCUT2D eigenvalue weighted by atomic mass is 10.1. The number of halogens is 4. The van der Waals surface area contributed by atoms with Gasteiger partial charge in [-0.05, 0) is 23.8 Å². The maximum Gasteiger partial charge on any atom is 0.409 e. The highest BCUT2D eigenvalue weighted by Crippen LogP contribution is 2.40. The van der Waals surface area contributed by atoms with Crippen LogP contribution in [0.4, 0.5) is 17.6 Å². The topological polar surface area (TPSA) is 67.6 Å². The Bertz CT molecular complexity index is 1050. The molecule has 11 heteroatoms. The number of fused-ring (bicyclic) bond motifs is 1. The summed E-state index contributed by atoms with van der Waals surface area (Å²) in [5, 5.41) is -0.441. The highest BCUT2D eigenvalue weighted by atomic mass is 32.2. The van der Waals surface area contributed by atoms with Gasteiger partial charge < -0.3 is 0 Å². The van der Waals surface area contributed by atoms with Gasteiger partial charge in [0.15, 0.2) is 5.03 Å². The molecule has 6 nitrogen and oxygen atoms in total. The van der Waals surface area contributed by atoms with Gasteiger partial charge >= 0.3 is 6.18 Å². The van der Waals surface area contributed by atoms with Gasteiger partial charge in [0.2, 0.25) is 5.78 Å². The highest BCUT2D eigenvalue weighted by Gasteiger charge is 2.49. The van der Waals surface area contributed by atoms with Crippen LogP contribution in [0, 0.1) is 5.82 Å². The van der Waals surface area contributed by atoms with Crippen molar-refractivity contribution in [2.24, 2.45) is 0 Å². The van der Waals surface area contributed by atoms with Gasteiger partial charge in [-0.3, -0.25) is 4.40 Å². The predicted octanol–water partition coefficient (Wildman–Crippen LogP) is 3.18. The fraction of sp³-hybridized carbons (Fsp3) is 0.250. The quantitative estimate of drug-likeness (QED) is 0.615. The first-order valence-corrected chi connectivity index (χ1v) is 9.22. The van der Waals surface area contributed by atoms with E-state index in [1.807, 2.05) is 0 Å². The Morgan fingerprint density at radius 3 is 2.44 bits per heavy atom. The molecular formula is C16H14F4N4O2S. The average molecular weight is 402 g/mol. The minimum absolute atomic E-state index is 0.0393. The van der Waals surface area contributed by atoms with Crippen molar-refractivity contribution in [2.45, 2.75) is 24.2 Å². The van der Waals surface area contributed by atoms with Crippen LogP contribution < -0.4 is 0 Å². The molecule has 0 aliphatic heterocycles. The molecule has 0 saturated carbocycles. The van der Waals surface area contributed by atoms with E-state index >= 15 is 0 Å². The van der Waals surface area contributed by atoms with E-state index in [0.717, 1.165) is 34.9 Å². The normalized spacial score (nSPS) is 14.0. The second-order valence-corrected chi connectivity index (χ2v) is 7.43. The van der Waals surface area contributed by atoms with Crippen LogP contribution in [-0.2, 0) is 10.0 Å². The zero-order chi connectivity index (χ0) is 19.8. The molecule has 0 aliphatic carbocycles. The van der Waals surface area contributed by atoms with Gasteiger partial charge in [-0.2, -0.15) is 17.5 Å². The van der Waals surface area contributed by atoms with Crippen molar-refractivity contribution in [2.75, 3.05) is 6.54 Å². The molecular weight excluding hydrogens is 388 g/mol. The third-order valence-electron chi connectivity index (χ3n) is 3.92. The van der Waals surface area contributed by atoms with Crippen LogP contribution in [0.3, 0.4) is 0 Å². The second kappa shape index (κ2) is 6.89. The first kappa shape index (κ1) is 19.2. The van der Waals surface area contributed by atoms with Crippen LogP contribution in [-0.4, -0.2) is 39.8 Å². The summed E-state index contributed by atoms with van der Waals surface area (Å²) >= 11 is 0. The fourth-order valence-corrected chi connectivity index (χ4v) is 4.45. The first-order chi connectivity index (χ1) is 12.7. The van der Waals surface area contributed by atoms with Crippen molar-refractivity contribution in [3.63, 3.8) is 0 Å². The Morgan fingerprint density at radius 1 is 1.19 bits per heavy atom. The molecule has 0 radical (unpaired) electrons. The number of benzene rings is 1. The van der Waals surface area contributed by atoms with E-state index in [9.17, 15) is 26.0 Å². The Labute approximate surface area is 152 Å². The lowest BCUT2D eigenvalue weighted by Gasteiger charge is -2.31. The van der Waals surface area contributed by atoms with Crippen LogP contribution in [0.1, 0.15) is 18.5 Å². The molecule has 1 atom stereocenters. The van der Waals surface area contributed by atoms with Gasteiger partial charge in [-0.1, -0.05) is 19.1 Å². The monoisotopic (exact) mass is 402 g/mol. The third kappa shape index (κ3) is 3.52. The van der Waals surface area contributed by atoms with Gasteiger partial charge in [-0.15, -0.1) is 0 Å². The molecule has 0 fully saturated rings. The molecule has 0 unspecified atom stereocenters. The molecule has 27 heavy (non-hydrogen) atoms. The van der Waals surface area contributed by atoms with E-state index in [0.29, 0.717) is 4.31 Å². The molecule has 3 aromatic rings. The van der Waals surface area contributed by atoms with Crippen molar-refractivity contribution < 1.29 is 26.0 Å². The molecule has 1 aromatic carbocycles. The molecule has 0 saturated heterocycles. The predicted molar refractivity (Wildman–Crippen MR) is 87.7 cm³/mol. The molecule has 3 rings (SSSR count). The van der Waals surface area contributed by atoms with Gasteiger partial charge in [0.05, 0.1) is 6.20 Å². The molecule has 0 N–H and O–H groups in total. The Kier molecular flexibility index (Phi) is 4.91. The van der Waals surface area contributed by atoms with Crippen LogP contribution in [0.5, 0.6) is 0 Å². The number of rotatable bonds is 5. The van der Waals surface area contributed by atoms with Crippen molar-refractivity contribution >= 4 is 15.8 Å². The van der Waals surface area contributed by atoms with Gasteiger partial charge in [0.1, 0.15) is 11.9 Å². The largest absolute Gasteiger partial charge is 0.409 e. The zero-order valence-electron chi connectivity index (χ0n) is 13.9. The summed E-state index contributed by atoms with van der Waals surface area (Å²) in [5.41, 5.74) is -0.388. The summed E-state index contributed by atoms with van der Waals surface area (Å²) in [7, 11) is -4.59. The minimum Gasteiger partial charge on any atom is -0.273 e. The van der Waals surface area contributed by atoms with Crippen LogP contribution >= 0.6 is 0 Å². The van der Waals surface area contributed by atoms with E-state index in [1.165, 1.54) is 25.4 Å². The molecule has 2 aromatic heterocycles. The highest BCUT2D eigenvalue weighted by molar-refractivity contribution is 7.89. The van der Waals surface area contributed by atoms with Crippen molar-refractivity contribution in [1.82, 2.24) is 18.7 Å². The average Bonchev–Trinajstić information content (AvgIpc) is 3.04. The number of aromatic nitrogens is 3.